The van der Waals surface area contributed by atoms with Crippen molar-refractivity contribution in [1.29, 1.82) is 0 Å². The highest BCUT2D eigenvalue weighted by Crippen LogP contribution is 2.21. The number of benzene rings is 1. The van der Waals surface area contributed by atoms with E-state index < -0.39 is 0 Å². The predicted octanol–water partition coefficient (Wildman–Crippen LogP) is 3.49. The average Bonchev–Trinajstić information content (AvgIpc) is 2.40. The van der Waals surface area contributed by atoms with Gasteiger partial charge in [0, 0.05) is 6.61 Å². The number of hydrogen-bond donors (Lipinski definition) is 1. The van der Waals surface area contributed by atoms with Gasteiger partial charge < -0.3 is 10.1 Å². The Morgan fingerprint density at radius 2 is 2.33 bits per heavy atom. The molecule has 2 nitrogen and oxygen atoms in total. The van der Waals surface area contributed by atoms with Crippen LogP contribution in [0.25, 0.3) is 0 Å². The van der Waals surface area contributed by atoms with Gasteiger partial charge in [0.05, 0.1) is 11.1 Å². The van der Waals surface area contributed by atoms with Crippen LogP contribution in [0.1, 0.15) is 24.8 Å². The van der Waals surface area contributed by atoms with E-state index in [1.54, 1.807) is 6.07 Å². The molecule has 0 aromatic heterocycles. The molecule has 1 aliphatic rings. The van der Waals surface area contributed by atoms with E-state index >= 15 is 0 Å². The summed E-state index contributed by atoms with van der Waals surface area (Å²) in [5, 5.41) is 3.40. The highest BCUT2D eigenvalue weighted by molar-refractivity contribution is 9.10. The molecule has 4 heteroatoms. The van der Waals surface area contributed by atoms with E-state index in [1.165, 1.54) is 18.9 Å². The first kappa shape index (κ1) is 14.0. The lowest BCUT2D eigenvalue weighted by atomic mass is 9.97. The molecule has 1 aromatic carbocycles. The molecule has 1 fully saturated rings. The molecule has 0 amide bonds. The van der Waals surface area contributed by atoms with Crippen molar-refractivity contribution in [2.24, 2.45) is 5.92 Å². The van der Waals surface area contributed by atoms with Gasteiger partial charge in [0.15, 0.2) is 0 Å². The molecule has 2 rings (SSSR count). The summed E-state index contributed by atoms with van der Waals surface area (Å²) < 4.78 is 19.4. The fraction of sp³-hybridized carbons (Fsp3) is 0.571. The summed E-state index contributed by atoms with van der Waals surface area (Å²) >= 11 is 3.24. The van der Waals surface area contributed by atoms with Crippen LogP contribution in [-0.4, -0.2) is 19.7 Å². The molecule has 1 saturated heterocycles. The van der Waals surface area contributed by atoms with Crippen LogP contribution in [0.4, 0.5) is 4.39 Å². The first-order valence-corrected chi connectivity index (χ1v) is 7.28. The highest BCUT2D eigenvalue weighted by Gasteiger charge is 2.12. The molecule has 1 heterocycles. The van der Waals surface area contributed by atoms with Crippen molar-refractivity contribution in [1.82, 2.24) is 5.32 Å². The second-order valence-electron chi connectivity index (χ2n) is 4.77. The number of halogens is 2. The summed E-state index contributed by atoms with van der Waals surface area (Å²) in [6, 6.07) is 5.04. The summed E-state index contributed by atoms with van der Waals surface area (Å²) in [5.41, 5.74) is 0.872. The Kier molecular flexibility index (Phi) is 5.60. The zero-order valence-corrected chi connectivity index (χ0v) is 12.0. The van der Waals surface area contributed by atoms with Crippen molar-refractivity contribution in [3.8, 4) is 0 Å². The normalized spacial score (nSPS) is 20.0. The molecule has 100 valence electrons. The van der Waals surface area contributed by atoms with Gasteiger partial charge in [-0.2, -0.15) is 0 Å². The van der Waals surface area contributed by atoms with E-state index in [0.29, 0.717) is 11.1 Å². The zero-order chi connectivity index (χ0) is 12.8. The Morgan fingerprint density at radius 3 is 3.11 bits per heavy atom. The smallest absolute Gasteiger partial charge is 0.137 e. The van der Waals surface area contributed by atoms with Crippen molar-refractivity contribution in [3.63, 3.8) is 0 Å². The Morgan fingerprint density at radius 1 is 1.44 bits per heavy atom. The van der Waals surface area contributed by atoms with Crippen LogP contribution in [-0.2, 0) is 11.3 Å². The van der Waals surface area contributed by atoms with E-state index in [-0.39, 0.29) is 5.82 Å². The second-order valence-corrected chi connectivity index (χ2v) is 5.56. The molecule has 18 heavy (non-hydrogen) atoms. The molecule has 0 radical (unpaired) electrons. The van der Waals surface area contributed by atoms with E-state index in [1.807, 2.05) is 6.07 Å². The van der Waals surface area contributed by atoms with Gasteiger partial charge in [-0.3, -0.25) is 0 Å². The van der Waals surface area contributed by atoms with Crippen molar-refractivity contribution in [3.05, 3.63) is 34.1 Å². The third-order valence-electron chi connectivity index (χ3n) is 3.36. The second kappa shape index (κ2) is 7.22. The van der Waals surface area contributed by atoms with Gasteiger partial charge in [0.25, 0.3) is 0 Å². The number of rotatable bonds is 5. The SMILES string of the molecule is Fc1cccc(COCCC2CCCNC2)c1Br. The Balaban J connectivity index is 1.70. The minimum Gasteiger partial charge on any atom is -0.377 e. The topological polar surface area (TPSA) is 21.3 Å². The molecule has 1 N–H and O–H groups in total. The van der Waals surface area contributed by atoms with Gasteiger partial charge in [-0.15, -0.1) is 0 Å². The molecule has 1 unspecified atom stereocenters. The Labute approximate surface area is 116 Å². The molecule has 0 bridgehead atoms. The summed E-state index contributed by atoms with van der Waals surface area (Å²) in [4.78, 5) is 0. The van der Waals surface area contributed by atoms with Crippen LogP contribution < -0.4 is 5.32 Å². The van der Waals surface area contributed by atoms with E-state index in [9.17, 15) is 4.39 Å². The maximum absolute atomic E-state index is 13.3. The lowest BCUT2D eigenvalue weighted by Crippen LogP contribution is -2.30. The van der Waals surface area contributed by atoms with Gasteiger partial charge in [-0.05, 0) is 65.8 Å². The number of piperidine rings is 1. The van der Waals surface area contributed by atoms with Crippen LogP contribution >= 0.6 is 15.9 Å². The molecule has 1 aliphatic heterocycles. The van der Waals surface area contributed by atoms with Gasteiger partial charge >= 0.3 is 0 Å². The fourth-order valence-electron chi connectivity index (χ4n) is 2.26. The lowest BCUT2D eigenvalue weighted by molar-refractivity contribution is 0.103. The monoisotopic (exact) mass is 315 g/mol. The summed E-state index contributed by atoms with van der Waals surface area (Å²) in [6.45, 7) is 3.47. The van der Waals surface area contributed by atoms with Gasteiger partial charge in [0.2, 0.25) is 0 Å². The van der Waals surface area contributed by atoms with Gasteiger partial charge in [0.1, 0.15) is 5.82 Å². The first-order chi connectivity index (χ1) is 8.77. The summed E-state index contributed by atoms with van der Waals surface area (Å²) in [7, 11) is 0. The molecule has 0 aliphatic carbocycles. The quantitative estimate of drug-likeness (QED) is 0.840. The van der Waals surface area contributed by atoms with E-state index in [4.69, 9.17) is 4.74 Å². The average molecular weight is 316 g/mol. The highest BCUT2D eigenvalue weighted by atomic mass is 79.9. The maximum Gasteiger partial charge on any atom is 0.137 e. The third kappa shape index (κ3) is 4.04. The van der Waals surface area contributed by atoms with Crippen LogP contribution in [0.3, 0.4) is 0 Å². The largest absolute Gasteiger partial charge is 0.377 e. The maximum atomic E-state index is 13.3. The van der Waals surface area contributed by atoms with Crippen molar-refractivity contribution in [2.75, 3.05) is 19.7 Å². The van der Waals surface area contributed by atoms with Crippen LogP contribution in [0.2, 0.25) is 0 Å². The standard InChI is InChI=1S/C14H19BrFNO/c15-14-12(4-1-5-13(14)16)10-18-8-6-11-3-2-7-17-9-11/h1,4-5,11,17H,2-3,6-10H2. The Bertz CT molecular complexity index is 380. The summed E-state index contributed by atoms with van der Waals surface area (Å²) in [5.74, 6) is 0.502. The lowest BCUT2D eigenvalue weighted by Gasteiger charge is -2.22. The van der Waals surface area contributed by atoms with Gasteiger partial charge in [-0.1, -0.05) is 12.1 Å². The van der Waals surface area contributed by atoms with Crippen LogP contribution in [0.5, 0.6) is 0 Å². The fourth-order valence-corrected chi connectivity index (χ4v) is 2.64. The predicted molar refractivity (Wildman–Crippen MR) is 74.0 cm³/mol. The first-order valence-electron chi connectivity index (χ1n) is 6.48. The Hall–Kier alpha value is -0.450. The van der Waals surface area contributed by atoms with E-state index in [2.05, 4.69) is 21.2 Å². The van der Waals surface area contributed by atoms with Crippen molar-refractivity contribution in [2.45, 2.75) is 25.9 Å². The number of hydrogen-bond acceptors (Lipinski definition) is 2. The molecule has 1 aromatic rings. The van der Waals surface area contributed by atoms with E-state index in [0.717, 1.165) is 37.6 Å². The molecule has 1 atom stereocenters. The van der Waals surface area contributed by atoms with Crippen LogP contribution in [0, 0.1) is 11.7 Å². The third-order valence-corrected chi connectivity index (χ3v) is 4.25. The molecule has 0 saturated carbocycles. The molecule has 0 spiro atoms. The summed E-state index contributed by atoms with van der Waals surface area (Å²) in [6.07, 6.45) is 3.64. The number of nitrogens with one attached hydrogen (secondary N) is 1. The van der Waals surface area contributed by atoms with Crippen molar-refractivity contribution >= 4 is 15.9 Å². The molecular weight excluding hydrogens is 297 g/mol. The minimum atomic E-state index is -0.229. The van der Waals surface area contributed by atoms with Crippen molar-refractivity contribution < 1.29 is 9.13 Å². The zero-order valence-electron chi connectivity index (χ0n) is 10.4. The van der Waals surface area contributed by atoms with Gasteiger partial charge in [-0.25, -0.2) is 4.39 Å². The molecular formula is C14H19BrFNO. The number of ether oxygens (including phenoxy) is 1. The minimum absolute atomic E-state index is 0.229. The van der Waals surface area contributed by atoms with Crippen LogP contribution in [0.15, 0.2) is 22.7 Å².